The van der Waals surface area contributed by atoms with Gasteiger partial charge in [0.05, 0.1) is 5.39 Å². The molecule has 5 heteroatoms. The zero-order chi connectivity index (χ0) is 12.4. The number of piperidine rings is 1. The fourth-order valence-corrected chi connectivity index (χ4v) is 2.77. The van der Waals surface area contributed by atoms with Crippen molar-refractivity contribution in [1.82, 2.24) is 20.3 Å². The average Bonchev–Trinajstić information content (AvgIpc) is 2.90. The second-order valence-corrected chi connectivity index (χ2v) is 4.72. The van der Waals surface area contributed by atoms with E-state index in [0.717, 1.165) is 36.5 Å². The maximum atomic E-state index is 4.49. The summed E-state index contributed by atoms with van der Waals surface area (Å²) in [6.45, 7) is 5.35. The van der Waals surface area contributed by atoms with E-state index >= 15 is 0 Å². The van der Waals surface area contributed by atoms with Crippen LogP contribution in [0.4, 0.5) is 5.82 Å². The first-order chi connectivity index (χ1) is 8.90. The van der Waals surface area contributed by atoms with Gasteiger partial charge in [-0.1, -0.05) is 0 Å². The van der Waals surface area contributed by atoms with Gasteiger partial charge in [-0.25, -0.2) is 9.97 Å². The second-order valence-electron chi connectivity index (χ2n) is 4.72. The van der Waals surface area contributed by atoms with Gasteiger partial charge in [0, 0.05) is 28.2 Å². The van der Waals surface area contributed by atoms with Crippen molar-refractivity contribution < 1.29 is 2.85 Å². The highest BCUT2D eigenvalue weighted by atomic mass is 15.2. The number of likely N-dealkylation sites (N-methyl/N-ethyl adjacent to an activating group) is 1. The molecule has 0 radical (unpaired) electrons. The number of fused-ring (bicyclic) bond motifs is 1. The monoisotopic (exact) mass is 249 g/mol. The van der Waals surface area contributed by atoms with E-state index in [-0.39, 0.29) is 2.85 Å². The first-order valence-corrected chi connectivity index (χ1v) is 6.65. The molecule has 18 heavy (non-hydrogen) atoms. The molecule has 0 aromatic carbocycles. The third kappa shape index (κ3) is 1.95. The highest BCUT2D eigenvalue weighted by Crippen LogP contribution is 2.25. The van der Waals surface area contributed by atoms with Gasteiger partial charge in [-0.15, -0.1) is 0 Å². The van der Waals surface area contributed by atoms with E-state index in [4.69, 9.17) is 0 Å². The lowest BCUT2D eigenvalue weighted by Gasteiger charge is -2.35. The maximum absolute atomic E-state index is 4.49. The first-order valence-electron chi connectivity index (χ1n) is 6.65. The predicted octanol–water partition coefficient (Wildman–Crippen LogP) is 2.03. The van der Waals surface area contributed by atoms with Crippen LogP contribution in [0.1, 0.15) is 22.6 Å². The quantitative estimate of drug-likeness (QED) is 0.874. The summed E-state index contributed by atoms with van der Waals surface area (Å²) in [5.41, 5.74) is 0.919. The number of anilines is 1. The second kappa shape index (κ2) is 4.94. The first kappa shape index (κ1) is 11.5. The molecular weight excluding hydrogens is 226 g/mol. The van der Waals surface area contributed by atoms with Crippen molar-refractivity contribution in [2.75, 3.05) is 24.5 Å². The van der Waals surface area contributed by atoms with Crippen LogP contribution in [0, 0.1) is 0 Å². The van der Waals surface area contributed by atoms with Crippen LogP contribution in [-0.2, 0) is 0 Å². The summed E-state index contributed by atoms with van der Waals surface area (Å²) in [4.78, 5) is 14.3. The molecule has 2 aromatic heterocycles. The lowest BCUT2D eigenvalue weighted by Crippen LogP contribution is -2.46. The summed E-state index contributed by atoms with van der Waals surface area (Å²) in [6.07, 6.45) is 6.04. The fourth-order valence-electron chi connectivity index (χ4n) is 2.77. The number of aromatic nitrogens is 3. The van der Waals surface area contributed by atoms with Crippen LogP contribution in [-0.4, -0.2) is 40.6 Å². The number of aromatic amines is 1. The topological polar surface area (TPSA) is 56.8 Å². The number of nitrogens with one attached hydrogen (secondary N) is 2. The Morgan fingerprint density at radius 3 is 3.22 bits per heavy atom. The van der Waals surface area contributed by atoms with Crippen LogP contribution >= 0.6 is 0 Å². The van der Waals surface area contributed by atoms with Gasteiger partial charge in [-0.2, -0.15) is 0 Å². The van der Waals surface area contributed by atoms with E-state index in [1.165, 1.54) is 12.8 Å². The minimum absolute atomic E-state index is 0. The Bertz CT molecular complexity index is 524. The normalized spacial score (nSPS) is 20.2. The molecule has 2 N–H and O–H groups in total. The maximum Gasteiger partial charge on any atom is 0.142 e. The van der Waals surface area contributed by atoms with E-state index < -0.39 is 0 Å². The third-order valence-electron chi connectivity index (χ3n) is 3.66. The molecule has 3 heterocycles. The molecule has 1 atom stereocenters. The lowest BCUT2D eigenvalue weighted by molar-refractivity contribution is 0.434. The molecule has 0 aliphatic carbocycles. The van der Waals surface area contributed by atoms with Gasteiger partial charge in [0.1, 0.15) is 17.8 Å². The number of hydrogen-bond acceptors (Lipinski definition) is 4. The molecule has 0 spiro atoms. The molecule has 3 rings (SSSR count). The van der Waals surface area contributed by atoms with Crippen LogP contribution in [0.5, 0.6) is 0 Å². The Hall–Kier alpha value is -1.62. The SMILES string of the molecule is CCN(c1ncnc2[nH]ccc12)[C@H]1CCCNC1.[HH].[HH]. The Kier molecular flexibility index (Phi) is 3.15. The van der Waals surface area contributed by atoms with Crippen molar-refractivity contribution >= 4 is 16.9 Å². The van der Waals surface area contributed by atoms with E-state index in [1.807, 2.05) is 6.20 Å². The van der Waals surface area contributed by atoms with Crippen LogP contribution in [0.15, 0.2) is 18.6 Å². The average molecular weight is 249 g/mol. The van der Waals surface area contributed by atoms with E-state index in [0.29, 0.717) is 6.04 Å². The summed E-state index contributed by atoms with van der Waals surface area (Å²) >= 11 is 0. The molecule has 5 nitrogen and oxygen atoms in total. The van der Waals surface area contributed by atoms with Crippen molar-refractivity contribution in [1.29, 1.82) is 0 Å². The number of rotatable bonds is 3. The summed E-state index contributed by atoms with van der Waals surface area (Å²) in [5.74, 6) is 1.05. The van der Waals surface area contributed by atoms with Crippen molar-refractivity contribution in [2.24, 2.45) is 0 Å². The number of nitrogens with zero attached hydrogens (tertiary/aromatic N) is 3. The predicted molar refractivity (Wildman–Crippen MR) is 77.0 cm³/mol. The van der Waals surface area contributed by atoms with E-state index in [9.17, 15) is 0 Å². The van der Waals surface area contributed by atoms with Crippen molar-refractivity contribution in [3.63, 3.8) is 0 Å². The number of hydrogen-bond donors (Lipinski definition) is 2. The van der Waals surface area contributed by atoms with Crippen molar-refractivity contribution in [2.45, 2.75) is 25.8 Å². The molecule has 2 aromatic rings. The van der Waals surface area contributed by atoms with Crippen molar-refractivity contribution in [3.05, 3.63) is 18.6 Å². The Morgan fingerprint density at radius 1 is 1.50 bits per heavy atom. The largest absolute Gasteiger partial charge is 0.352 e. The molecule has 1 aliphatic heterocycles. The molecule has 1 fully saturated rings. The summed E-state index contributed by atoms with van der Waals surface area (Å²) in [7, 11) is 0. The van der Waals surface area contributed by atoms with Gasteiger partial charge in [-0.05, 0) is 32.4 Å². The van der Waals surface area contributed by atoms with Crippen molar-refractivity contribution in [3.8, 4) is 0 Å². The Balaban J connectivity index is 0.000001000. The summed E-state index contributed by atoms with van der Waals surface area (Å²) < 4.78 is 0. The minimum Gasteiger partial charge on any atom is -0.352 e. The van der Waals surface area contributed by atoms with Gasteiger partial charge < -0.3 is 15.2 Å². The summed E-state index contributed by atoms with van der Waals surface area (Å²) in [6, 6.07) is 2.60. The molecular formula is C13H23N5. The standard InChI is InChI=1S/C13H19N5.2H2/c1-2-18(10-4-3-6-14-8-10)13-11-5-7-15-12(11)16-9-17-13;;/h5,7,9-10,14H,2-4,6,8H2,1H3,(H,15,16,17);2*1H/t10-;;/m0../s1. The van der Waals surface area contributed by atoms with Crippen LogP contribution in [0.25, 0.3) is 11.0 Å². The molecule has 0 unspecified atom stereocenters. The van der Waals surface area contributed by atoms with Gasteiger partial charge in [-0.3, -0.25) is 0 Å². The molecule has 0 saturated carbocycles. The van der Waals surface area contributed by atoms with Crippen LogP contribution < -0.4 is 10.2 Å². The van der Waals surface area contributed by atoms with Gasteiger partial charge in [0.15, 0.2) is 0 Å². The van der Waals surface area contributed by atoms with Gasteiger partial charge >= 0.3 is 0 Å². The molecule has 0 bridgehead atoms. The highest BCUT2D eigenvalue weighted by molar-refractivity contribution is 5.87. The fraction of sp³-hybridized carbons (Fsp3) is 0.538. The molecule has 0 amide bonds. The molecule has 100 valence electrons. The molecule has 1 saturated heterocycles. The third-order valence-corrected chi connectivity index (χ3v) is 3.66. The van der Waals surface area contributed by atoms with Crippen LogP contribution in [0.2, 0.25) is 0 Å². The lowest BCUT2D eigenvalue weighted by atomic mass is 10.1. The van der Waals surface area contributed by atoms with Crippen LogP contribution in [0.3, 0.4) is 0 Å². The highest BCUT2D eigenvalue weighted by Gasteiger charge is 2.22. The minimum atomic E-state index is 0. The zero-order valence-electron chi connectivity index (χ0n) is 10.7. The Morgan fingerprint density at radius 2 is 2.44 bits per heavy atom. The van der Waals surface area contributed by atoms with Gasteiger partial charge in [0.2, 0.25) is 0 Å². The van der Waals surface area contributed by atoms with E-state index in [1.54, 1.807) is 6.33 Å². The zero-order valence-corrected chi connectivity index (χ0v) is 10.7. The Labute approximate surface area is 110 Å². The van der Waals surface area contributed by atoms with Gasteiger partial charge in [0.25, 0.3) is 0 Å². The van der Waals surface area contributed by atoms with E-state index in [2.05, 4.69) is 38.2 Å². The summed E-state index contributed by atoms with van der Waals surface area (Å²) in [5, 5.41) is 4.58. The molecule has 1 aliphatic rings. The smallest absolute Gasteiger partial charge is 0.142 e. The number of H-pyrrole nitrogens is 1.